The summed E-state index contributed by atoms with van der Waals surface area (Å²) < 4.78 is 0. The summed E-state index contributed by atoms with van der Waals surface area (Å²) in [5.41, 5.74) is 1.54. The van der Waals surface area contributed by atoms with Gasteiger partial charge in [-0.15, -0.1) is 0 Å². The van der Waals surface area contributed by atoms with Crippen LogP contribution in [0.3, 0.4) is 0 Å². The Morgan fingerprint density at radius 2 is 2.12 bits per heavy atom. The average molecular weight is 254 g/mol. The maximum absolute atomic E-state index is 11.7. The number of nitrogens with one attached hydrogen (secondary N) is 1. The maximum atomic E-state index is 11.7. The van der Waals surface area contributed by atoms with Crippen LogP contribution in [-0.2, 0) is 9.59 Å². The lowest BCUT2D eigenvalue weighted by atomic mass is 10.2. The molecular weight excluding hydrogens is 242 g/mol. The third kappa shape index (κ3) is 2.58. The molecular formula is C12H12ClNO3. The van der Waals surface area contributed by atoms with Gasteiger partial charge in [-0.25, -0.2) is 0 Å². The molecule has 17 heavy (non-hydrogen) atoms. The van der Waals surface area contributed by atoms with Crippen molar-refractivity contribution in [3.05, 3.63) is 28.8 Å². The first-order valence-corrected chi connectivity index (χ1v) is 5.66. The molecule has 1 aliphatic rings. The van der Waals surface area contributed by atoms with E-state index < -0.39 is 17.8 Å². The largest absolute Gasteiger partial charge is 0.481 e. The molecule has 1 saturated carbocycles. The van der Waals surface area contributed by atoms with E-state index in [4.69, 9.17) is 16.7 Å². The Labute approximate surface area is 104 Å². The van der Waals surface area contributed by atoms with E-state index in [-0.39, 0.29) is 5.91 Å². The summed E-state index contributed by atoms with van der Waals surface area (Å²) in [6.07, 6.45) is 0.417. The first-order valence-electron chi connectivity index (χ1n) is 5.29. The first-order chi connectivity index (χ1) is 7.99. The van der Waals surface area contributed by atoms with Gasteiger partial charge in [0.2, 0.25) is 5.91 Å². The molecule has 0 heterocycles. The van der Waals surface area contributed by atoms with Crippen LogP contribution in [0.1, 0.15) is 12.0 Å². The van der Waals surface area contributed by atoms with Gasteiger partial charge in [-0.3, -0.25) is 9.59 Å². The number of amides is 1. The molecule has 1 aromatic carbocycles. The zero-order valence-corrected chi connectivity index (χ0v) is 9.99. The number of anilines is 1. The molecule has 2 N–H and O–H groups in total. The van der Waals surface area contributed by atoms with E-state index in [9.17, 15) is 9.59 Å². The molecule has 90 valence electrons. The number of carbonyl (C=O) groups is 2. The standard InChI is InChI=1S/C12H12ClNO3/c1-6-2-3-7(13)4-10(6)14-11(15)8-5-9(8)12(16)17/h2-4,8-9H,5H2,1H3,(H,14,15)(H,16,17). The van der Waals surface area contributed by atoms with Crippen molar-refractivity contribution in [2.24, 2.45) is 11.8 Å². The average Bonchev–Trinajstić information content (AvgIpc) is 3.03. The highest BCUT2D eigenvalue weighted by Crippen LogP contribution is 2.39. The SMILES string of the molecule is Cc1ccc(Cl)cc1NC(=O)C1CC1C(=O)O. The highest BCUT2D eigenvalue weighted by Gasteiger charge is 2.48. The van der Waals surface area contributed by atoms with Crippen LogP contribution in [0.5, 0.6) is 0 Å². The lowest BCUT2D eigenvalue weighted by Crippen LogP contribution is -2.17. The number of hydrogen-bond acceptors (Lipinski definition) is 2. The fourth-order valence-electron chi connectivity index (χ4n) is 1.71. The highest BCUT2D eigenvalue weighted by molar-refractivity contribution is 6.31. The Morgan fingerprint density at radius 1 is 1.41 bits per heavy atom. The molecule has 1 aliphatic carbocycles. The number of hydrogen-bond donors (Lipinski definition) is 2. The molecule has 1 fully saturated rings. The van der Waals surface area contributed by atoms with Crippen LogP contribution in [0.4, 0.5) is 5.69 Å². The quantitative estimate of drug-likeness (QED) is 0.869. The van der Waals surface area contributed by atoms with Gasteiger partial charge in [0.15, 0.2) is 0 Å². The molecule has 0 bridgehead atoms. The second-order valence-electron chi connectivity index (χ2n) is 4.24. The van der Waals surface area contributed by atoms with Gasteiger partial charge in [-0.1, -0.05) is 17.7 Å². The van der Waals surface area contributed by atoms with Gasteiger partial charge in [0.1, 0.15) is 0 Å². The van der Waals surface area contributed by atoms with Gasteiger partial charge in [0.25, 0.3) is 0 Å². The zero-order valence-electron chi connectivity index (χ0n) is 9.24. The van der Waals surface area contributed by atoms with Crippen molar-refractivity contribution in [3.63, 3.8) is 0 Å². The summed E-state index contributed by atoms with van der Waals surface area (Å²) in [6.45, 7) is 1.85. The third-order valence-corrected chi connectivity index (χ3v) is 3.14. The maximum Gasteiger partial charge on any atom is 0.307 e. The van der Waals surface area contributed by atoms with E-state index in [1.807, 2.05) is 6.92 Å². The minimum Gasteiger partial charge on any atom is -0.481 e. The normalized spacial score (nSPS) is 22.0. The number of benzene rings is 1. The van der Waals surface area contributed by atoms with Crippen molar-refractivity contribution in [2.75, 3.05) is 5.32 Å². The summed E-state index contributed by atoms with van der Waals surface area (Å²) >= 11 is 5.83. The van der Waals surface area contributed by atoms with E-state index in [0.717, 1.165) is 5.56 Å². The molecule has 0 radical (unpaired) electrons. The molecule has 2 atom stereocenters. The van der Waals surface area contributed by atoms with Crippen LogP contribution in [0.2, 0.25) is 5.02 Å². The van der Waals surface area contributed by atoms with Crippen molar-refractivity contribution >= 4 is 29.2 Å². The minimum atomic E-state index is -0.909. The van der Waals surface area contributed by atoms with Crippen LogP contribution in [0, 0.1) is 18.8 Å². The molecule has 2 rings (SSSR count). The number of aryl methyl sites for hydroxylation is 1. The van der Waals surface area contributed by atoms with E-state index in [2.05, 4.69) is 5.32 Å². The fourth-order valence-corrected chi connectivity index (χ4v) is 1.88. The number of rotatable bonds is 3. The van der Waals surface area contributed by atoms with Crippen molar-refractivity contribution in [3.8, 4) is 0 Å². The number of carboxylic acid groups (broad SMARTS) is 1. The Morgan fingerprint density at radius 3 is 2.71 bits per heavy atom. The fraction of sp³-hybridized carbons (Fsp3) is 0.333. The van der Waals surface area contributed by atoms with Gasteiger partial charge in [-0.05, 0) is 31.0 Å². The molecule has 0 spiro atoms. The lowest BCUT2D eigenvalue weighted by molar-refractivity contribution is -0.139. The lowest BCUT2D eigenvalue weighted by Gasteiger charge is -2.08. The van der Waals surface area contributed by atoms with E-state index in [1.54, 1.807) is 18.2 Å². The minimum absolute atomic E-state index is 0.247. The topological polar surface area (TPSA) is 66.4 Å². The van der Waals surface area contributed by atoms with Gasteiger partial charge >= 0.3 is 5.97 Å². The van der Waals surface area contributed by atoms with Crippen LogP contribution >= 0.6 is 11.6 Å². The summed E-state index contributed by atoms with van der Waals surface area (Å²) in [5.74, 6) is -2.10. The monoisotopic (exact) mass is 253 g/mol. The zero-order chi connectivity index (χ0) is 12.6. The van der Waals surface area contributed by atoms with Crippen molar-refractivity contribution < 1.29 is 14.7 Å². The second kappa shape index (κ2) is 4.37. The number of carbonyl (C=O) groups excluding carboxylic acids is 1. The smallest absolute Gasteiger partial charge is 0.307 e. The molecule has 0 aromatic heterocycles. The van der Waals surface area contributed by atoms with Crippen LogP contribution < -0.4 is 5.32 Å². The van der Waals surface area contributed by atoms with Crippen LogP contribution in [-0.4, -0.2) is 17.0 Å². The molecule has 5 heteroatoms. The third-order valence-electron chi connectivity index (χ3n) is 2.90. The Hall–Kier alpha value is -1.55. The van der Waals surface area contributed by atoms with Crippen molar-refractivity contribution in [1.82, 2.24) is 0 Å². The van der Waals surface area contributed by atoms with Crippen molar-refractivity contribution in [1.29, 1.82) is 0 Å². The van der Waals surface area contributed by atoms with Gasteiger partial charge in [0.05, 0.1) is 11.8 Å². The summed E-state index contributed by atoms with van der Waals surface area (Å²) in [5, 5.41) is 12.0. The number of aliphatic carboxylic acids is 1. The Balaban J connectivity index is 2.04. The molecule has 2 unspecified atom stereocenters. The molecule has 0 saturated heterocycles. The molecule has 4 nitrogen and oxygen atoms in total. The Kier molecular flexibility index (Phi) is 3.07. The molecule has 1 aromatic rings. The summed E-state index contributed by atoms with van der Waals surface area (Å²) in [6, 6.07) is 5.20. The summed E-state index contributed by atoms with van der Waals surface area (Å²) in [7, 11) is 0. The highest BCUT2D eigenvalue weighted by atomic mass is 35.5. The first kappa shape index (κ1) is 11.9. The van der Waals surface area contributed by atoms with E-state index in [1.165, 1.54) is 0 Å². The van der Waals surface area contributed by atoms with E-state index in [0.29, 0.717) is 17.1 Å². The van der Waals surface area contributed by atoms with Gasteiger partial charge in [0, 0.05) is 10.7 Å². The van der Waals surface area contributed by atoms with Crippen LogP contribution in [0.25, 0.3) is 0 Å². The molecule has 1 amide bonds. The number of halogens is 1. The van der Waals surface area contributed by atoms with Crippen LogP contribution in [0.15, 0.2) is 18.2 Å². The second-order valence-corrected chi connectivity index (χ2v) is 4.67. The predicted octanol–water partition coefficient (Wildman–Crippen LogP) is 2.31. The van der Waals surface area contributed by atoms with Crippen molar-refractivity contribution in [2.45, 2.75) is 13.3 Å². The predicted molar refractivity (Wildman–Crippen MR) is 64.1 cm³/mol. The number of carboxylic acids is 1. The Bertz CT molecular complexity index is 487. The summed E-state index contributed by atoms with van der Waals surface area (Å²) in [4.78, 5) is 22.4. The molecule has 0 aliphatic heterocycles. The van der Waals surface area contributed by atoms with Gasteiger partial charge in [-0.2, -0.15) is 0 Å². The van der Waals surface area contributed by atoms with E-state index >= 15 is 0 Å². The van der Waals surface area contributed by atoms with Gasteiger partial charge < -0.3 is 10.4 Å².